The average Bonchev–Trinajstić information content (AvgIpc) is 2.25. The number of aliphatic hydroxyl groups is 1. The standard InChI is InChI=1S/C10H17F2N3O2/c1-14(4-2-3-13)10(17)8-15(5-6-16)7-9(11)12/h9,16H,2,4-8H2,1H3. The zero-order valence-corrected chi connectivity index (χ0v) is 9.77. The van der Waals surface area contributed by atoms with Gasteiger partial charge in [-0.3, -0.25) is 9.69 Å². The van der Waals surface area contributed by atoms with Gasteiger partial charge in [-0.15, -0.1) is 0 Å². The Balaban J connectivity index is 4.15. The van der Waals surface area contributed by atoms with Gasteiger partial charge in [0.15, 0.2) is 0 Å². The number of alkyl halides is 2. The first-order valence-electron chi connectivity index (χ1n) is 5.23. The number of hydrogen-bond donors (Lipinski definition) is 1. The van der Waals surface area contributed by atoms with E-state index in [-0.39, 0.29) is 38.6 Å². The number of carbonyl (C=O) groups excluding carboxylic acids is 1. The van der Waals surface area contributed by atoms with E-state index in [4.69, 9.17) is 10.4 Å². The molecule has 0 fully saturated rings. The summed E-state index contributed by atoms with van der Waals surface area (Å²) in [6.45, 7) is -0.688. The van der Waals surface area contributed by atoms with Gasteiger partial charge < -0.3 is 10.0 Å². The van der Waals surface area contributed by atoms with Gasteiger partial charge in [-0.05, 0) is 0 Å². The van der Waals surface area contributed by atoms with Gasteiger partial charge in [-0.25, -0.2) is 8.78 Å². The third-order valence-electron chi connectivity index (χ3n) is 2.16. The normalized spacial score (nSPS) is 10.6. The molecule has 0 bridgehead atoms. The summed E-state index contributed by atoms with van der Waals surface area (Å²) in [5, 5.41) is 17.0. The third-order valence-corrected chi connectivity index (χ3v) is 2.16. The number of nitrogens with zero attached hydrogens (tertiary/aromatic N) is 3. The van der Waals surface area contributed by atoms with Crippen molar-refractivity contribution < 1.29 is 18.7 Å². The van der Waals surface area contributed by atoms with E-state index in [1.807, 2.05) is 6.07 Å². The van der Waals surface area contributed by atoms with E-state index in [1.165, 1.54) is 16.8 Å². The molecule has 0 atom stereocenters. The van der Waals surface area contributed by atoms with Crippen molar-refractivity contribution in [1.29, 1.82) is 5.26 Å². The van der Waals surface area contributed by atoms with Crippen molar-refractivity contribution in [2.45, 2.75) is 12.8 Å². The minimum absolute atomic E-state index is 0.0299. The topological polar surface area (TPSA) is 67.6 Å². The number of carbonyl (C=O) groups is 1. The fraction of sp³-hybridized carbons (Fsp3) is 0.800. The highest BCUT2D eigenvalue weighted by atomic mass is 19.3. The third kappa shape index (κ3) is 7.60. The molecular weight excluding hydrogens is 232 g/mol. The van der Waals surface area contributed by atoms with Gasteiger partial charge in [-0.2, -0.15) is 5.26 Å². The number of nitriles is 1. The molecule has 0 spiro atoms. The maximum atomic E-state index is 12.2. The minimum atomic E-state index is -2.54. The van der Waals surface area contributed by atoms with Crippen molar-refractivity contribution in [3.05, 3.63) is 0 Å². The molecule has 0 aliphatic carbocycles. The molecule has 0 radical (unpaired) electrons. The molecule has 17 heavy (non-hydrogen) atoms. The van der Waals surface area contributed by atoms with Crippen molar-refractivity contribution in [2.75, 3.05) is 39.8 Å². The van der Waals surface area contributed by atoms with Crippen LogP contribution in [0.2, 0.25) is 0 Å². The Labute approximate surface area is 99.2 Å². The second kappa shape index (κ2) is 8.84. The summed E-state index contributed by atoms with van der Waals surface area (Å²) in [6, 6.07) is 1.90. The molecule has 5 nitrogen and oxygen atoms in total. The van der Waals surface area contributed by atoms with Crippen LogP contribution < -0.4 is 0 Å². The van der Waals surface area contributed by atoms with E-state index in [0.29, 0.717) is 0 Å². The van der Waals surface area contributed by atoms with Crippen LogP contribution in [0.5, 0.6) is 0 Å². The summed E-state index contributed by atoms with van der Waals surface area (Å²) in [5.41, 5.74) is 0. The lowest BCUT2D eigenvalue weighted by molar-refractivity contribution is -0.131. The molecule has 0 aromatic carbocycles. The largest absolute Gasteiger partial charge is 0.395 e. The highest BCUT2D eigenvalue weighted by Crippen LogP contribution is 1.99. The van der Waals surface area contributed by atoms with Crippen LogP contribution in [0.3, 0.4) is 0 Å². The van der Waals surface area contributed by atoms with Gasteiger partial charge in [0.1, 0.15) is 0 Å². The predicted molar refractivity (Wildman–Crippen MR) is 57.4 cm³/mol. The number of likely N-dealkylation sites (N-methyl/N-ethyl adjacent to an activating group) is 1. The Bertz CT molecular complexity index is 269. The van der Waals surface area contributed by atoms with Crippen LogP contribution >= 0.6 is 0 Å². The molecule has 0 aromatic heterocycles. The molecule has 0 unspecified atom stereocenters. The van der Waals surface area contributed by atoms with Crippen LogP contribution in [0.15, 0.2) is 0 Å². The number of halogens is 2. The molecule has 0 heterocycles. The van der Waals surface area contributed by atoms with E-state index < -0.39 is 13.0 Å². The van der Waals surface area contributed by atoms with Crippen LogP contribution in [0.1, 0.15) is 6.42 Å². The first kappa shape index (κ1) is 15.7. The van der Waals surface area contributed by atoms with E-state index in [9.17, 15) is 13.6 Å². The zero-order chi connectivity index (χ0) is 13.3. The second-order valence-corrected chi connectivity index (χ2v) is 3.57. The van der Waals surface area contributed by atoms with Crippen LogP contribution in [0.25, 0.3) is 0 Å². The molecule has 1 N–H and O–H groups in total. The number of aliphatic hydroxyl groups excluding tert-OH is 1. The van der Waals surface area contributed by atoms with Gasteiger partial charge >= 0.3 is 0 Å². The van der Waals surface area contributed by atoms with Crippen molar-refractivity contribution >= 4 is 5.91 Å². The average molecular weight is 249 g/mol. The first-order valence-corrected chi connectivity index (χ1v) is 5.23. The molecule has 98 valence electrons. The Morgan fingerprint density at radius 2 is 2.12 bits per heavy atom. The lowest BCUT2D eigenvalue weighted by atomic mass is 10.3. The summed E-state index contributed by atoms with van der Waals surface area (Å²) in [5.74, 6) is -0.339. The van der Waals surface area contributed by atoms with Crippen molar-refractivity contribution in [2.24, 2.45) is 0 Å². The molecule has 0 saturated carbocycles. The van der Waals surface area contributed by atoms with Crippen LogP contribution in [0, 0.1) is 11.3 Å². The summed E-state index contributed by atoms with van der Waals surface area (Å²) >= 11 is 0. The molecule has 0 saturated heterocycles. The monoisotopic (exact) mass is 249 g/mol. The zero-order valence-electron chi connectivity index (χ0n) is 9.77. The Morgan fingerprint density at radius 1 is 1.47 bits per heavy atom. The highest BCUT2D eigenvalue weighted by Gasteiger charge is 2.17. The van der Waals surface area contributed by atoms with Crippen molar-refractivity contribution in [1.82, 2.24) is 9.80 Å². The summed E-state index contributed by atoms with van der Waals surface area (Å²) in [4.78, 5) is 14.1. The van der Waals surface area contributed by atoms with E-state index in [1.54, 1.807) is 0 Å². The summed E-state index contributed by atoms with van der Waals surface area (Å²) in [7, 11) is 1.51. The second-order valence-electron chi connectivity index (χ2n) is 3.57. The maximum Gasteiger partial charge on any atom is 0.251 e. The molecule has 0 aromatic rings. The lowest BCUT2D eigenvalue weighted by Crippen LogP contribution is -2.41. The SMILES string of the molecule is CN(CCC#N)C(=O)CN(CCO)CC(F)F. The quantitative estimate of drug-likeness (QED) is 0.653. The Hall–Kier alpha value is -1.26. The number of amides is 1. The Kier molecular flexibility index (Phi) is 8.19. The van der Waals surface area contributed by atoms with Gasteiger partial charge in [0.05, 0.1) is 32.2 Å². The van der Waals surface area contributed by atoms with E-state index in [0.717, 1.165) is 0 Å². The van der Waals surface area contributed by atoms with E-state index >= 15 is 0 Å². The number of rotatable bonds is 8. The molecule has 1 amide bonds. The van der Waals surface area contributed by atoms with E-state index in [2.05, 4.69) is 0 Å². The maximum absolute atomic E-state index is 12.2. The van der Waals surface area contributed by atoms with Crippen LogP contribution in [0.4, 0.5) is 8.78 Å². The summed E-state index contributed by atoms with van der Waals surface area (Å²) in [6.07, 6.45) is -2.34. The minimum Gasteiger partial charge on any atom is -0.395 e. The molecular formula is C10H17F2N3O2. The van der Waals surface area contributed by atoms with Gasteiger partial charge in [0.25, 0.3) is 6.43 Å². The Morgan fingerprint density at radius 3 is 2.59 bits per heavy atom. The fourth-order valence-corrected chi connectivity index (χ4v) is 1.23. The van der Waals surface area contributed by atoms with Crippen LogP contribution in [-0.4, -0.2) is 67.1 Å². The van der Waals surface area contributed by atoms with Crippen LogP contribution in [-0.2, 0) is 4.79 Å². The van der Waals surface area contributed by atoms with Crippen molar-refractivity contribution in [3.63, 3.8) is 0 Å². The smallest absolute Gasteiger partial charge is 0.251 e. The first-order chi connectivity index (χ1) is 8.01. The van der Waals surface area contributed by atoms with Gasteiger partial charge in [-0.1, -0.05) is 0 Å². The highest BCUT2D eigenvalue weighted by molar-refractivity contribution is 5.78. The molecule has 0 aliphatic rings. The fourth-order valence-electron chi connectivity index (χ4n) is 1.23. The van der Waals surface area contributed by atoms with Gasteiger partial charge in [0.2, 0.25) is 5.91 Å². The molecule has 7 heteroatoms. The molecule has 0 rings (SSSR count). The van der Waals surface area contributed by atoms with Crippen molar-refractivity contribution in [3.8, 4) is 6.07 Å². The van der Waals surface area contributed by atoms with Gasteiger partial charge in [0, 0.05) is 20.1 Å². The molecule has 0 aliphatic heterocycles. The summed E-state index contributed by atoms with van der Waals surface area (Å²) < 4.78 is 24.3. The lowest BCUT2D eigenvalue weighted by Gasteiger charge is -2.23. The number of hydrogen-bond acceptors (Lipinski definition) is 4. The predicted octanol–water partition coefficient (Wildman–Crippen LogP) is -0.0821.